The van der Waals surface area contributed by atoms with Crippen molar-refractivity contribution < 1.29 is 14.7 Å². The van der Waals surface area contributed by atoms with Gasteiger partial charge in [0, 0.05) is 30.9 Å². The molecule has 1 aliphatic rings. The van der Waals surface area contributed by atoms with E-state index < -0.39 is 17.9 Å². The van der Waals surface area contributed by atoms with Crippen LogP contribution in [0.4, 0.5) is 5.69 Å². The first-order valence-corrected chi connectivity index (χ1v) is 6.66. The number of nitrogens with one attached hydrogen (secondary N) is 2. The van der Waals surface area contributed by atoms with Crippen LogP contribution in [-0.2, 0) is 22.4 Å². The van der Waals surface area contributed by atoms with Crippen molar-refractivity contribution in [3.63, 3.8) is 0 Å². The zero-order chi connectivity index (χ0) is 15.5. The highest BCUT2D eigenvalue weighted by molar-refractivity contribution is 6.41. The molecule has 1 amide bonds. The first kappa shape index (κ1) is 13.9. The maximum absolute atomic E-state index is 12.2. The number of fused-ring (bicyclic) bond motifs is 1. The Bertz CT molecular complexity index is 739. The van der Waals surface area contributed by atoms with Crippen molar-refractivity contribution in [2.75, 3.05) is 0 Å². The predicted molar refractivity (Wildman–Crippen MR) is 76.9 cm³/mol. The van der Waals surface area contributed by atoms with Gasteiger partial charge < -0.3 is 15.4 Å². The van der Waals surface area contributed by atoms with Crippen LogP contribution in [-0.4, -0.2) is 43.7 Å². The molecular weight excluding hydrogens is 286 g/mol. The van der Waals surface area contributed by atoms with Gasteiger partial charge in [-0.2, -0.15) is 0 Å². The fourth-order valence-corrected chi connectivity index (χ4v) is 2.20. The number of pyridine rings is 1. The van der Waals surface area contributed by atoms with Crippen LogP contribution < -0.4 is 5.32 Å². The summed E-state index contributed by atoms with van der Waals surface area (Å²) >= 11 is 0. The molecule has 0 fully saturated rings. The molecule has 112 valence electrons. The van der Waals surface area contributed by atoms with Crippen LogP contribution in [0, 0.1) is 0 Å². The summed E-state index contributed by atoms with van der Waals surface area (Å²) in [5, 5.41) is 11.7. The number of carbonyl (C=O) groups excluding carboxylic acids is 1. The molecule has 3 heterocycles. The molecule has 0 radical (unpaired) electrons. The Morgan fingerprint density at radius 1 is 1.45 bits per heavy atom. The molecule has 3 rings (SSSR count). The highest BCUT2D eigenvalue weighted by Crippen LogP contribution is 2.23. The molecule has 8 heteroatoms. The molecule has 8 nitrogen and oxygen atoms in total. The standard InChI is InChI=1S/C14H13N5O3/c20-13(11-5-10-9(18-11)2-1-3-16-10)19-12(14(21)22)4-8-6-15-7-17-8/h1-3,6-7,12H,4-5H2,(H,15,17)(H,19,20)(H,21,22)/t12-/m1/s1. The molecule has 0 aliphatic carbocycles. The van der Waals surface area contributed by atoms with Crippen LogP contribution >= 0.6 is 0 Å². The van der Waals surface area contributed by atoms with Crippen molar-refractivity contribution in [1.82, 2.24) is 20.3 Å². The molecule has 2 aromatic heterocycles. The molecule has 0 unspecified atom stereocenters. The Labute approximate surface area is 125 Å². The lowest BCUT2D eigenvalue weighted by Crippen LogP contribution is -2.45. The lowest BCUT2D eigenvalue weighted by Gasteiger charge is -2.13. The average molecular weight is 299 g/mol. The summed E-state index contributed by atoms with van der Waals surface area (Å²) in [5.41, 5.74) is 2.26. The molecule has 0 saturated heterocycles. The molecule has 1 atom stereocenters. The van der Waals surface area contributed by atoms with Gasteiger partial charge >= 0.3 is 5.97 Å². The van der Waals surface area contributed by atoms with Crippen LogP contribution in [0.25, 0.3) is 0 Å². The lowest BCUT2D eigenvalue weighted by atomic mass is 10.1. The summed E-state index contributed by atoms with van der Waals surface area (Å²) in [7, 11) is 0. The number of hydrogen-bond donors (Lipinski definition) is 3. The summed E-state index contributed by atoms with van der Waals surface area (Å²) in [5.74, 6) is -1.61. The number of aromatic nitrogens is 3. The summed E-state index contributed by atoms with van der Waals surface area (Å²) in [6.07, 6.45) is 5.04. The molecule has 1 aliphatic heterocycles. The van der Waals surface area contributed by atoms with Crippen molar-refractivity contribution in [2.24, 2.45) is 4.99 Å². The largest absolute Gasteiger partial charge is 0.480 e. The number of carbonyl (C=O) groups is 2. The third-order valence-electron chi connectivity index (χ3n) is 3.30. The SMILES string of the molecule is O=C(N[C@H](Cc1cnc[nH]1)C(=O)O)C1=Nc2cccnc2C1. The van der Waals surface area contributed by atoms with E-state index in [2.05, 4.69) is 25.3 Å². The molecule has 22 heavy (non-hydrogen) atoms. The number of H-pyrrole nitrogens is 1. The van der Waals surface area contributed by atoms with Gasteiger partial charge in [0.15, 0.2) is 0 Å². The van der Waals surface area contributed by atoms with Gasteiger partial charge in [-0.3, -0.25) is 9.78 Å². The van der Waals surface area contributed by atoms with Gasteiger partial charge in [0.1, 0.15) is 11.8 Å². The van der Waals surface area contributed by atoms with E-state index in [0.717, 1.165) is 0 Å². The number of rotatable bonds is 5. The van der Waals surface area contributed by atoms with Crippen LogP contribution in [0.5, 0.6) is 0 Å². The Morgan fingerprint density at radius 2 is 2.32 bits per heavy atom. The highest BCUT2D eigenvalue weighted by Gasteiger charge is 2.26. The molecule has 0 saturated carbocycles. The first-order chi connectivity index (χ1) is 10.6. The minimum absolute atomic E-state index is 0.125. The smallest absolute Gasteiger partial charge is 0.326 e. The van der Waals surface area contributed by atoms with Crippen LogP contribution in [0.1, 0.15) is 11.4 Å². The zero-order valence-electron chi connectivity index (χ0n) is 11.5. The topological polar surface area (TPSA) is 120 Å². The molecule has 0 spiro atoms. The fraction of sp³-hybridized carbons (Fsp3) is 0.214. The van der Waals surface area contributed by atoms with E-state index in [1.807, 2.05) is 0 Å². The number of hydrogen-bond acceptors (Lipinski definition) is 5. The molecule has 0 bridgehead atoms. The van der Waals surface area contributed by atoms with Gasteiger partial charge in [-0.25, -0.2) is 14.8 Å². The second-order valence-electron chi connectivity index (χ2n) is 4.85. The Hall–Kier alpha value is -3.03. The van der Waals surface area contributed by atoms with Crippen molar-refractivity contribution in [2.45, 2.75) is 18.9 Å². The van der Waals surface area contributed by atoms with E-state index in [0.29, 0.717) is 23.5 Å². The fourth-order valence-electron chi connectivity index (χ4n) is 2.20. The molecule has 0 aromatic carbocycles. The van der Waals surface area contributed by atoms with Crippen molar-refractivity contribution in [3.05, 3.63) is 42.2 Å². The second kappa shape index (κ2) is 5.76. The number of aliphatic carboxylic acids is 1. The van der Waals surface area contributed by atoms with Crippen molar-refractivity contribution >= 4 is 23.3 Å². The predicted octanol–water partition coefficient (Wildman–Crippen LogP) is 0.245. The number of carboxylic acids is 1. The van der Waals surface area contributed by atoms with Gasteiger partial charge in [0.05, 0.1) is 17.7 Å². The normalized spacial score (nSPS) is 14.1. The molecule has 3 N–H and O–H groups in total. The number of amides is 1. The number of carboxylic acid groups (broad SMARTS) is 1. The highest BCUT2D eigenvalue weighted by atomic mass is 16.4. The zero-order valence-corrected chi connectivity index (χ0v) is 11.5. The second-order valence-corrected chi connectivity index (χ2v) is 4.85. The Morgan fingerprint density at radius 3 is 3.00 bits per heavy atom. The van der Waals surface area contributed by atoms with Crippen molar-refractivity contribution in [3.8, 4) is 0 Å². The van der Waals surface area contributed by atoms with Gasteiger partial charge in [-0.15, -0.1) is 0 Å². The third-order valence-corrected chi connectivity index (χ3v) is 3.30. The lowest BCUT2D eigenvalue weighted by molar-refractivity contribution is -0.141. The average Bonchev–Trinajstić information content (AvgIpc) is 3.15. The van der Waals surface area contributed by atoms with E-state index in [9.17, 15) is 14.7 Å². The number of aliphatic imine (C=N–C) groups is 1. The molecular formula is C14H13N5O3. The van der Waals surface area contributed by atoms with Crippen LogP contribution in [0.3, 0.4) is 0 Å². The van der Waals surface area contributed by atoms with Gasteiger partial charge in [-0.1, -0.05) is 0 Å². The van der Waals surface area contributed by atoms with E-state index in [1.165, 1.54) is 12.5 Å². The van der Waals surface area contributed by atoms with E-state index in [1.54, 1.807) is 18.3 Å². The Balaban J connectivity index is 1.69. The summed E-state index contributed by atoms with van der Waals surface area (Å²) in [6.45, 7) is 0. The summed E-state index contributed by atoms with van der Waals surface area (Å²) < 4.78 is 0. The minimum atomic E-state index is -1.11. The summed E-state index contributed by atoms with van der Waals surface area (Å²) in [6, 6.07) is 2.45. The van der Waals surface area contributed by atoms with E-state index >= 15 is 0 Å². The maximum Gasteiger partial charge on any atom is 0.326 e. The number of nitrogens with zero attached hydrogens (tertiary/aromatic N) is 3. The first-order valence-electron chi connectivity index (χ1n) is 6.66. The Kier molecular flexibility index (Phi) is 3.65. The van der Waals surface area contributed by atoms with Crippen molar-refractivity contribution in [1.29, 1.82) is 0 Å². The van der Waals surface area contributed by atoms with Gasteiger partial charge in [-0.05, 0) is 12.1 Å². The van der Waals surface area contributed by atoms with Gasteiger partial charge in [0.25, 0.3) is 5.91 Å². The third kappa shape index (κ3) is 2.85. The monoisotopic (exact) mass is 299 g/mol. The van der Waals surface area contributed by atoms with E-state index in [4.69, 9.17) is 0 Å². The summed E-state index contributed by atoms with van der Waals surface area (Å²) in [4.78, 5) is 38.5. The minimum Gasteiger partial charge on any atom is -0.480 e. The van der Waals surface area contributed by atoms with Crippen LogP contribution in [0.15, 0.2) is 35.8 Å². The van der Waals surface area contributed by atoms with Crippen LogP contribution in [0.2, 0.25) is 0 Å². The number of aromatic amines is 1. The number of imidazole rings is 1. The van der Waals surface area contributed by atoms with Gasteiger partial charge in [0.2, 0.25) is 0 Å². The quantitative estimate of drug-likeness (QED) is 0.730. The molecule has 2 aromatic rings. The maximum atomic E-state index is 12.2. The van der Waals surface area contributed by atoms with E-state index in [-0.39, 0.29) is 12.1 Å².